The monoisotopic (exact) mass is 881 g/mol. The summed E-state index contributed by atoms with van der Waals surface area (Å²) in [7, 11) is 2.58. The molecule has 0 radical (unpaired) electrons. The Bertz CT molecular complexity index is 2740. The van der Waals surface area contributed by atoms with Gasteiger partial charge in [0.15, 0.2) is 0 Å². The molecular weight excluding hydrogens is 827 g/mol. The number of ether oxygens (including phenoxy) is 3. The predicted octanol–water partition coefficient (Wildman–Crippen LogP) is 8.12. The maximum atomic E-state index is 13.8. The van der Waals surface area contributed by atoms with Crippen LogP contribution in [0.3, 0.4) is 0 Å². The van der Waals surface area contributed by atoms with Crippen molar-refractivity contribution in [1.82, 2.24) is 44.9 Å². The Labute approximate surface area is 377 Å². The molecule has 16 heteroatoms. The van der Waals surface area contributed by atoms with Gasteiger partial charge >= 0.3 is 12.2 Å². The molecule has 65 heavy (non-hydrogen) atoms. The Morgan fingerprint density at radius 1 is 0.708 bits per heavy atom. The third-order valence-electron chi connectivity index (χ3n) is 13.0. The molecule has 6 aromatic rings. The van der Waals surface area contributed by atoms with Gasteiger partial charge in [0, 0.05) is 40.7 Å². The molecule has 0 aliphatic carbocycles. The van der Waals surface area contributed by atoms with Gasteiger partial charge in [0.05, 0.1) is 61.3 Å². The van der Waals surface area contributed by atoms with Gasteiger partial charge in [0.2, 0.25) is 18.0 Å². The molecule has 3 aliphatic heterocycles. The molecule has 3 aliphatic rings. The Hall–Kier alpha value is -7.10. The average Bonchev–Trinajstić information content (AvgIpc) is 4.18. The fourth-order valence-corrected chi connectivity index (χ4v) is 9.56. The van der Waals surface area contributed by atoms with Crippen LogP contribution in [0.2, 0.25) is 0 Å². The number of hydrogen-bond acceptors (Lipinski definition) is 9. The number of aromatic amines is 2. The van der Waals surface area contributed by atoms with E-state index in [0.29, 0.717) is 24.7 Å². The third kappa shape index (κ3) is 8.17. The minimum Gasteiger partial charge on any atom is -0.465 e. The van der Waals surface area contributed by atoms with Crippen LogP contribution in [0.5, 0.6) is 5.75 Å². The Morgan fingerprint density at radius 3 is 1.78 bits per heavy atom. The van der Waals surface area contributed by atoms with Gasteiger partial charge in [0.1, 0.15) is 29.5 Å². The number of likely N-dealkylation sites (tertiary alicyclic amines) is 2. The Balaban J connectivity index is 1.00. The smallest absolute Gasteiger partial charge is 0.407 e. The second kappa shape index (κ2) is 17.8. The molecule has 2 fully saturated rings. The molecule has 2 saturated heterocycles. The van der Waals surface area contributed by atoms with Crippen LogP contribution in [-0.2, 0) is 19.1 Å². The van der Waals surface area contributed by atoms with Crippen molar-refractivity contribution in [2.24, 2.45) is 11.8 Å². The number of rotatable bonds is 11. The zero-order valence-electron chi connectivity index (χ0n) is 37.5. The van der Waals surface area contributed by atoms with E-state index in [2.05, 4.69) is 73.7 Å². The first-order chi connectivity index (χ1) is 31.4. The van der Waals surface area contributed by atoms with Gasteiger partial charge in [-0.2, -0.15) is 0 Å². The van der Waals surface area contributed by atoms with Crippen molar-refractivity contribution in [3.63, 3.8) is 0 Å². The molecule has 0 bridgehead atoms. The molecule has 4 N–H and O–H groups in total. The van der Waals surface area contributed by atoms with E-state index >= 15 is 0 Å². The van der Waals surface area contributed by atoms with Crippen LogP contribution < -0.4 is 15.4 Å². The van der Waals surface area contributed by atoms with Gasteiger partial charge < -0.3 is 49.2 Å². The van der Waals surface area contributed by atoms with Crippen molar-refractivity contribution in [2.45, 2.75) is 83.8 Å². The van der Waals surface area contributed by atoms with Crippen LogP contribution in [0.25, 0.3) is 44.7 Å². The molecule has 0 spiro atoms. The number of benzene rings is 3. The number of methoxy groups -OCH3 is 2. The van der Waals surface area contributed by atoms with E-state index in [-0.39, 0.29) is 35.7 Å². The lowest BCUT2D eigenvalue weighted by Gasteiger charge is -2.30. The summed E-state index contributed by atoms with van der Waals surface area (Å²) in [4.78, 5) is 72.0. The van der Waals surface area contributed by atoms with Gasteiger partial charge in [-0.15, -0.1) is 0 Å². The van der Waals surface area contributed by atoms with Crippen molar-refractivity contribution in [1.29, 1.82) is 0 Å². The van der Waals surface area contributed by atoms with Gasteiger partial charge in [-0.05, 0) is 67.9 Å². The largest absolute Gasteiger partial charge is 0.465 e. The topological polar surface area (TPSA) is 189 Å². The predicted molar refractivity (Wildman–Crippen MR) is 243 cm³/mol. The standard InChI is InChI=1S/C49H55N9O7/c1-27(2)41(54-48(61)63-5)45(59)56-20-10-14-37(56)43-50-25-34(52-43)30-17-19-36-32(22-30)23-39-33-18-16-31(24-40(33)65-47(58(36)39)29-12-8-7-9-13-29)35-26-51-44(53-35)38-15-11-21-57(38)46(60)42(28(3)4)55-49(62)64-6/h7-9,12-13,16-19,22-28,37-38,41-42,47H,10-11,14-15,20-21H2,1-6H3,(H,50,52)(H,51,53)(H,54,61)(H,55,62)/t37?,38?,41-,42?,47?/m0/s1. The van der Waals surface area contributed by atoms with Crippen molar-refractivity contribution in [2.75, 3.05) is 27.3 Å². The SMILES string of the molecule is COC(=O)NC(C(=O)N1CCCC1c1ncc(-c2ccc3c(c2)OC(c2ccccc2)n2c-3cc3cc(-c4cnc(C5CCCN5C(=O)[C@@H](NC(=O)OC)C(C)C)[nH]4)ccc32)[nH]1)C(C)C. The van der Waals surface area contributed by atoms with Crippen LogP contribution in [0.4, 0.5) is 9.59 Å². The highest BCUT2D eigenvalue weighted by atomic mass is 16.5. The maximum absolute atomic E-state index is 13.8. The first-order valence-corrected chi connectivity index (χ1v) is 22.4. The highest BCUT2D eigenvalue weighted by Gasteiger charge is 2.39. The average molecular weight is 882 g/mol. The summed E-state index contributed by atoms with van der Waals surface area (Å²) in [5.74, 6) is 1.55. The molecule has 338 valence electrons. The summed E-state index contributed by atoms with van der Waals surface area (Å²) < 4.78 is 18.8. The van der Waals surface area contributed by atoms with E-state index in [1.54, 1.807) is 6.20 Å². The third-order valence-corrected chi connectivity index (χ3v) is 13.0. The second-order valence-corrected chi connectivity index (χ2v) is 17.7. The highest BCUT2D eigenvalue weighted by molar-refractivity contribution is 5.93. The minimum absolute atomic E-state index is 0.128. The minimum atomic E-state index is -0.720. The molecule has 5 atom stereocenters. The van der Waals surface area contributed by atoms with Crippen LogP contribution in [-0.4, -0.2) is 97.7 Å². The summed E-state index contributed by atoms with van der Waals surface area (Å²) in [6.45, 7) is 8.75. The fraction of sp³-hybridized carbons (Fsp3) is 0.388. The van der Waals surface area contributed by atoms with E-state index in [1.165, 1.54) is 14.2 Å². The number of alkyl carbamates (subject to hydrolysis) is 2. The van der Waals surface area contributed by atoms with Crippen LogP contribution in [0.15, 0.2) is 85.2 Å². The summed E-state index contributed by atoms with van der Waals surface area (Å²) in [6, 6.07) is 22.9. The lowest BCUT2D eigenvalue weighted by molar-refractivity contribution is -0.136. The molecule has 16 nitrogen and oxygen atoms in total. The second-order valence-electron chi connectivity index (χ2n) is 17.7. The van der Waals surface area contributed by atoms with E-state index < -0.39 is 30.5 Å². The number of H-pyrrole nitrogens is 2. The van der Waals surface area contributed by atoms with Crippen LogP contribution in [0.1, 0.15) is 88.9 Å². The summed E-state index contributed by atoms with van der Waals surface area (Å²) in [5.41, 5.74) is 7.43. The van der Waals surface area contributed by atoms with Gasteiger partial charge in [-0.1, -0.05) is 70.2 Å². The molecule has 0 saturated carbocycles. The fourth-order valence-electron chi connectivity index (χ4n) is 9.56. The van der Waals surface area contributed by atoms with Gasteiger partial charge in [-0.3, -0.25) is 9.59 Å². The zero-order valence-corrected chi connectivity index (χ0v) is 37.5. The Kier molecular flexibility index (Phi) is 11.8. The van der Waals surface area contributed by atoms with E-state index in [9.17, 15) is 19.2 Å². The molecule has 6 heterocycles. The number of nitrogens with zero attached hydrogens (tertiary/aromatic N) is 5. The maximum Gasteiger partial charge on any atom is 0.407 e. The molecule has 3 aromatic carbocycles. The number of imidazole rings is 2. The summed E-state index contributed by atoms with van der Waals surface area (Å²) in [6.07, 6.45) is 5.05. The zero-order chi connectivity index (χ0) is 45.5. The summed E-state index contributed by atoms with van der Waals surface area (Å²) in [5, 5.41) is 6.46. The van der Waals surface area contributed by atoms with Crippen molar-refractivity contribution in [3.05, 3.63) is 102 Å². The van der Waals surface area contributed by atoms with Crippen LogP contribution >= 0.6 is 0 Å². The number of fused-ring (bicyclic) bond motifs is 5. The van der Waals surface area contributed by atoms with Gasteiger partial charge in [0.25, 0.3) is 0 Å². The molecule has 4 unspecified atom stereocenters. The first-order valence-electron chi connectivity index (χ1n) is 22.4. The number of amides is 4. The van der Waals surface area contributed by atoms with E-state index in [4.69, 9.17) is 24.2 Å². The van der Waals surface area contributed by atoms with E-state index in [1.807, 2.05) is 68.0 Å². The quantitative estimate of drug-likeness (QED) is 0.0997. The number of carbonyl (C=O) groups excluding carboxylic acids is 4. The highest BCUT2D eigenvalue weighted by Crippen LogP contribution is 2.46. The first kappa shape index (κ1) is 43.2. The van der Waals surface area contributed by atoms with E-state index in [0.717, 1.165) is 81.7 Å². The number of aromatic nitrogens is 5. The van der Waals surface area contributed by atoms with Crippen molar-refractivity contribution < 1.29 is 33.4 Å². The lowest BCUT2D eigenvalue weighted by atomic mass is 10.0. The normalized spacial score (nSPS) is 18.9. The summed E-state index contributed by atoms with van der Waals surface area (Å²) >= 11 is 0. The molecule has 4 amide bonds. The number of carbonyl (C=O) groups is 4. The van der Waals surface area contributed by atoms with Crippen molar-refractivity contribution in [3.8, 4) is 39.5 Å². The number of nitrogens with one attached hydrogen (secondary N) is 4. The number of hydrogen-bond donors (Lipinski definition) is 4. The lowest BCUT2D eigenvalue weighted by Crippen LogP contribution is -2.51. The van der Waals surface area contributed by atoms with Gasteiger partial charge in [-0.25, -0.2) is 19.6 Å². The molecular formula is C49H55N9O7. The molecule has 3 aromatic heterocycles. The molecule has 9 rings (SSSR count). The van der Waals surface area contributed by atoms with Crippen LogP contribution in [0, 0.1) is 11.8 Å². The van der Waals surface area contributed by atoms with Crippen molar-refractivity contribution >= 4 is 34.9 Å². The Morgan fingerprint density at radius 2 is 1.25 bits per heavy atom.